The van der Waals surface area contributed by atoms with E-state index in [1.54, 1.807) is 11.3 Å². The Kier molecular flexibility index (Phi) is 7.11. The summed E-state index contributed by atoms with van der Waals surface area (Å²) in [5, 5.41) is 4.52. The van der Waals surface area contributed by atoms with Gasteiger partial charge in [0.25, 0.3) is 0 Å². The molecule has 25 heavy (non-hydrogen) atoms. The first-order valence-corrected chi connectivity index (χ1v) is 10.6. The maximum Gasteiger partial charge on any atom is 0.194 e. The van der Waals surface area contributed by atoms with Crippen molar-refractivity contribution in [2.45, 2.75) is 65.0 Å². The highest BCUT2D eigenvalue weighted by Gasteiger charge is 2.23. The van der Waals surface area contributed by atoms with Gasteiger partial charge >= 0.3 is 0 Å². The highest BCUT2D eigenvalue weighted by Crippen LogP contribution is 2.26. The molecule has 5 nitrogen and oxygen atoms in total. The van der Waals surface area contributed by atoms with Crippen LogP contribution < -0.4 is 5.32 Å². The van der Waals surface area contributed by atoms with Gasteiger partial charge in [0.15, 0.2) is 5.96 Å². The second-order valence-corrected chi connectivity index (χ2v) is 8.52. The minimum Gasteiger partial charge on any atom is -0.378 e. The van der Waals surface area contributed by atoms with Crippen molar-refractivity contribution in [3.05, 3.63) is 16.1 Å². The van der Waals surface area contributed by atoms with E-state index in [0.29, 0.717) is 12.6 Å². The van der Waals surface area contributed by atoms with Crippen LogP contribution in [-0.2, 0) is 11.3 Å². The number of nitrogens with zero attached hydrogens (tertiary/aromatic N) is 3. The highest BCUT2D eigenvalue weighted by molar-refractivity contribution is 7.11. The third-order valence-corrected chi connectivity index (χ3v) is 6.05. The minimum absolute atomic E-state index is 0.432. The lowest BCUT2D eigenvalue weighted by Crippen LogP contribution is -2.47. The third-order valence-electron chi connectivity index (χ3n) is 5.15. The molecule has 1 N–H and O–H groups in total. The van der Waals surface area contributed by atoms with Crippen LogP contribution >= 0.6 is 11.3 Å². The largest absolute Gasteiger partial charge is 0.378 e. The summed E-state index contributed by atoms with van der Waals surface area (Å²) in [6, 6.07) is 0. The van der Waals surface area contributed by atoms with Gasteiger partial charge in [-0.15, -0.1) is 11.3 Å². The Hall–Kier alpha value is -1.14. The van der Waals surface area contributed by atoms with Crippen LogP contribution in [0.3, 0.4) is 0 Å². The van der Waals surface area contributed by atoms with Crippen molar-refractivity contribution in [3.63, 3.8) is 0 Å². The van der Waals surface area contributed by atoms with Gasteiger partial charge in [0.2, 0.25) is 0 Å². The van der Waals surface area contributed by atoms with Crippen LogP contribution in [0.4, 0.5) is 0 Å². The fourth-order valence-corrected chi connectivity index (χ4v) is 4.44. The molecule has 6 heteroatoms. The third kappa shape index (κ3) is 5.68. The number of likely N-dealkylation sites (tertiary alicyclic amines) is 1. The zero-order valence-corrected chi connectivity index (χ0v) is 16.5. The zero-order valence-electron chi connectivity index (χ0n) is 15.7. The number of guanidine groups is 1. The Morgan fingerprint density at radius 3 is 2.72 bits per heavy atom. The number of aryl methyl sites for hydroxylation is 1. The molecule has 0 atom stereocenters. The molecule has 2 heterocycles. The molecule has 0 radical (unpaired) electrons. The van der Waals surface area contributed by atoms with Gasteiger partial charge in [-0.2, -0.15) is 0 Å². The monoisotopic (exact) mass is 364 g/mol. The van der Waals surface area contributed by atoms with E-state index < -0.39 is 0 Å². The first-order valence-electron chi connectivity index (χ1n) is 9.80. The van der Waals surface area contributed by atoms with Crippen LogP contribution in [-0.4, -0.2) is 48.2 Å². The number of hydrogen-bond donors (Lipinski definition) is 1. The van der Waals surface area contributed by atoms with Crippen molar-refractivity contribution in [1.82, 2.24) is 15.2 Å². The van der Waals surface area contributed by atoms with Gasteiger partial charge < -0.3 is 15.0 Å². The van der Waals surface area contributed by atoms with E-state index in [9.17, 15) is 0 Å². The number of rotatable bonds is 6. The topological polar surface area (TPSA) is 49.8 Å². The summed E-state index contributed by atoms with van der Waals surface area (Å²) in [4.78, 5) is 12.8. The van der Waals surface area contributed by atoms with Crippen LogP contribution in [0.2, 0.25) is 0 Å². The van der Waals surface area contributed by atoms with E-state index in [0.717, 1.165) is 56.0 Å². The van der Waals surface area contributed by atoms with Crippen LogP contribution in [0, 0.1) is 12.8 Å². The Bertz CT molecular complexity index is 545. The van der Waals surface area contributed by atoms with Crippen molar-refractivity contribution in [2.75, 3.05) is 26.2 Å². The van der Waals surface area contributed by atoms with E-state index >= 15 is 0 Å². The zero-order chi connectivity index (χ0) is 17.5. The van der Waals surface area contributed by atoms with Crippen LogP contribution in [0.1, 0.15) is 55.3 Å². The number of piperidine rings is 1. The Labute approximate surface area is 155 Å². The molecule has 2 aliphatic rings. The summed E-state index contributed by atoms with van der Waals surface area (Å²) >= 11 is 1.73. The van der Waals surface area contributed by atoms with Crippen molar-refractivity contribution in [2.24, 2.45) is 10.9 Å². The molecule has 1 aromatic rings. The molecule has 2 fully saturated rings. The molecule has 0 spiro atoms. The van der Waals surface area contributed by atoms with Gasteiger partial charge in [-0.1, -0.05) is 12.8 Å². The normalized spacial score (nSPS) is 20.4. The van der Waals surface area contributed by atoms with E-state index in [2.05, 4.69) is 29.0 Å². The van der Waals surface area contributed by atoms with Gasteiger partial charge in [0.1, 0.15) is 5.01 Å². The van der Waals surface area contributed by atoms with Crippen molar-refractivity contribution in [3.8, 4) is 0 Å². The van der Waals surface area contributed by atoms with Gasteiger partial charge in [0, 0.05) is 37.3 Å². The summed E-state index contributed by atoms with van der Waals surface area (Å²) in [6.07, 6.45) is 10.1. The molecule has 3 rings (SSSR count). The minimum atomic E-state index is 0.432. The predicted molar refractivity (Wildman–Crippen MR) is 104 cm³/mol. The van der Waals surface area contributed by atoms with Crippen LogP contribution in [0.15, 0.2) is 11.2 Å². The first-order chi connectivity index (χ1) is 12.2. The molecule has 140 valence electrons. The van der Waals surface area contributed by atoms with Gasteiger partial charge in [0.05, 0.1) is 12.6 Å². The van der Waals surface area contributed by atoms with Crippen LogP contribution in [0.5, 0.6) is 0 Å². The number of aliphatic imine (C=N–C) groups is 1. The number of aromatic nitrogens is 1. The van der Waals surface area contributed by atoms with Crippen molar-refractivity contribution in [1.29, 1.82) is 0 Å². The fraction of sp³-hybridized carbons (Fsp3) is 0.789. The molecule has 0 aromatic carbocycles. The number of thiazole rings is 1. The van der Waals surface area contributed by atoms with Gasteiger partial charge in [-0.25, -0.2) is 9.98 Å². The summed E-state index contributed by atoms with van der Waals surface area (Å²) in [7, 11) is 0. The summed E-state index contributed by atoms with van der Waals surface area (Å²) in [5.41, 5.74) is 0. The van der Waals surface area contributed by atoms with E-state index in [1.807, 2.05) is 6.20 Å². The van der Waals surface area contributed by atoms with E-state index in [1.165, 1.54) is 30.6 Å². The summed E-state index contributed by atoms with van der Waals surface area (Å²) in [5.74, 6) is 1.84. The SMILES string of the molecule is CCNC(=NCc1ncc(C)s1)N1CCC(OCC2CCCC2)CC1. The maximum atomic E-state index is 6.19. The quantitative estimate of drug-likeness (QED) is 0.619. The van der Waals surface area contributed by atoms with Gasteiger partial charge in [-0.3, -0.25) is 0 Å². The molecular weight excluding hydrogens is 332 g/mol. The molecule has 1 aliphatic heterocycles. The Balaban J connectivity index is 1.46. The lowest BCUT2D eigenvalue weighted by molar-refractivity contribution is 0.00101. The molecule has 1 aliphatic carbocycles. The first kappa shape index (κ1) is 18.6. The molecule has 1 saturated carbocycles. The molecular formula is C19H32N4OS. The molecule has 1 aromatic heterocycles. The lowest BCUT2D eigenvalue weighted by atomic mass is 10.1. The van der Waals surface area contributed by atoms with Crippen molar-refractivity contribution >= 4 is 17.3 Å². The molecule has 0 unspecified atom stereocenters. The van der Waals surface area contributed by atoms with E-state index in [4.69, 9.17) is 9.73 Å². The summed E-state index contributed by atoms with van der Waals surface area (Å²) < 4.78 is 6.19. The molecule has 1 saturated heterocycles. The average Bonchev–Trinajstić information content (AvgIpc) is 3.29. The maximum absolute atomic E-state index is 6.19. The smallest absolute Gasteiger partial charge is 0.194 e. The Morgan fingerprint density at radius 1 is 1.32 bits per heavy atom. The number of ether oxygens (including phenoxy) is 1. The van der Waals surface area contributed by atoms with E-state index in [-0.39, 0.29) is 0 Å². The van der Waals surface area contributed by atoms with Crippen LogP contribution in [0.25, 0.3) is 0 Å². The predicted octanol–water partition coefficient (Wildman–Crippen LogP) is 3.59. The standard InChI is InChI=1S/C19H32N4OS/c1-3-20-19(22-13-18-21-12-15(2)25-18)23-10-8-17(9-11-23)24-14-16-6-4-5-7-16/h12,16-17H,3-11,13-14H2,1-2H3,(H,20,22). The average molecular weight is 365 g/mol. The Morgan fingerprint density at radius 2 is 2.08 bits per heavy atom. The fourth-order valence-electron chi connectivity index (χ4n) is 3.73. The lowest BCUT2D eigenvalue weighted by Gasteiger charge is -2.34. The second-order valence-electron chi connectivity index (χ2n) is 7.21. The molecule has 0 amide bonds. The highest BCUT2D eigenvalue weighted by atomic mass is 32.1. The number of nitrogens with one attached hydrogen (secondary N) is 1. The van der Waals surface area contributed by atoms with Gasteiger partial charge in [-0.05, 0) is 45.4 Å². The molecule has 0 bridgehead atoms. The number of hydrogen-bond acceptors (Lipinski definition) is 4. The summed E-state index contributed by atoms with van der Waals surface area (Å²) in [6.45, 7) is 8.80. The second kappa shape index (κ2) is 9.53. The van der Waals surface area contributed by atoms with Crippen molar-refractivity contribution < 1.29 is 4.74 Å².